The van der Waals surface area contributed by atoms with Crippen molar-refractivity contribution in [3.05, 3.63) is 35.4 Å². The van der Waals surface area contributed by atoms with E-state index < -0.39 is 24.0 Å². The van der Waals surface area contributed by atoms with Gasteiger partial charge < -0.3 is 9.84 Å². The summed E-state index contributed by atoms with van der Waals surface area (Å²) >= 11 is 0. The van der Waals surface area contributed by atoms with Gasteiger partial charge >= 0.3 is 6.61 Å². The van der Waals surface area contributed by atoms with E-state index in [-0.39, 0.29) is 16.5 Å². The van der Waals surface area contributed by atoms with Crippen LogP contribution in [0.3, 0.4) is 0 Å². The van der Waals surface area contributed by atoms with Gasteiger partial charge in [0.1, 0.15) is 5.75 Å². The van der Waals surface area contributed by atoms with Gasteiger partial charge in [-0.1, -0.05) is 41.5 Å². The molecule has 0 spiro atoms. The second-order valence-electron chi connectivity index (χ2n) is 3.74. The first-order chi connectivity index (χ1) is 11.4. The molecule has 0 unspecified atom stereocenters. The van der Waals surface area contributed by atoms with Crippen LogP contribution in [0.25, 0.3) is 10.8 Å². The van der Waals surface area contributed by atoms with E-state index in [0.717, 1.165) is 12.1 Å². The van der Waals surface area contributed by atoms with Crippen molar-refractivity contribution in [3.8, 4) is 11.5 Å². The summed E-state index contributed by atoms with van der Waals surface area (Å²) in [6.45, 7) is 10.2. The fourth-order valence-corrected chi connectivity index (χ4v) is 1.84. The molecule has 0 radical (unpaired) electrons. The fraction of sp³-hybridized carbons (Fsp3) is 0.444. The van der Waals surface area contributed by atoms with Gasteiger partial charge in [-0.25, -0.2) is 4.39 Å². The average Bonchev–Trinajstić information content (AvgIpc) is 2.56. The van der Waals surface area contributed by atoms with Crippen LogP contribution in [0.4, 0.5) is 17.6 Å². The minimum atomic E-state index is -3.27. The lowest BCUT2D eigenvalue weighted by atomic mass is 10.0. The summed E-state index contributed by atoms with van der Waals surface area (Å²) in [5.74, 6) is -3.81. The van der Waals surface area contributed by atoms with Crippen LogP contribution >= 0.6 is 0 Å². The summed E-state index contributed by atoms with van der Waals surface area (Å²) in [7, 11) is 0. The monoisotopic (exact) mass is 350 g/mol. The van der Waals surface area contributed by atoms with Crippen molar-refractivity contribution < 1.29 is 27.4 Å². The number of fused-ring (bicyclic) bond motifs is 1. The molecule has 0 aliphatic heterocycles. The van der Waals surface area contributed by atoms with Gasteiger partial charge in [0.2, 0.25) is 5.82 Å². The SMILES string of the molecule is CC.CC.CC.Cc1cc(O)cc2cc(F)c(F)c(OC(F)F)c12. The van der Waals surface area contributed by atoms with Crippen LogP contribution in [0.1, 0.15) is 47.1 Å². The number of benzene rings is 2. The summed E-state index contributed by atoms with van der Waals surface area (Å²) < 4.78 is 55.2. The Morgan fingerprint density at radius 3 is 1.88 bits per heavy atom. The van der Waals surface area contributed by atoms with Crippen molar-refractivity contribution in [2.45, 2.75) is 55.1 Å². The molecule has 0 bridgehead atoms. The highest BCUT2D eigenvalue weighted by atomic mass is 19.3. The Kier molecular flexibility index (Phi) is 12.6. The number of alkyl halides is 2. The molecule has 138 valence electrons. The Balaban J connectivity index is 0. The number of hydrogen-bond donors (Lipinski definition) is 1. The zero-order valence-electron chi connectivity index (χ0n) is 15.2. The zero-order valence-corrected chi connectivity index (χ0v) is 15.2. The van der Waals surface area contributed by atoms with E-state index >= 15 is 0 Å². The third-order valence-electron chi connectivity index (χ3n) is 2.48. The summed E-state index contributed by atoms with van der Waals surface area (Å²) in [6, 6.07) is 3.21. The Morgan fingerprint density at radius 1 is 0.917 bits per heavy atom. The molecule has 1 N–H and O–H groups in total. The average molecular weight is 350 g/mol. The van der Waals surface area contributed by atoms with E-state index in [1.807, 2.05) is 41.5 Å². The van der Waals surface area contributed by atoms with E-state index in [1.165, 1.54) is 13.0 Å². The lowest BCUT2D eigenvalue weighted by molar-refractivity contribution is -0.0513. The molecule has 0 aliphatic rings. The van der Waals surface area contributed by atoms with Gasteiger partial charge in [0, 0.05) is 5.39 Å². The molecule has 0 heterocycles. The number of phenols is 1. The Hall–Kier alpha value is -1.98. The van der Waals surface area contributed by atoms with E-state index in [1.54, 1.807) is 0 Å². The highest BCUT2D eigenvalue weighted by molar-refractivity contribution is 5.92. The van der Waals surface area contributed by atoms with E-state index in [9.17, 15) is 22.7 Å². The summed E-state index contributed by atoms with van der Waals surface area (Å²) in [5.41, 5.74) is 0.305. The van der Waals surface area contributed by atoms with Gasteiger partial charge in [-0.2, -0.15) is 13.2 Å². The molecule has 2 aromatic rings. The van der Waals surface area contributed by atoms with Gasteiger partial charge in [-0.05, 0) is 36.1 Å². The summed E-state index contributed by atoms with van der Waals surface area (Å²) in [5, 5.41) is 9.43. The van der Waals surface area contributed by atoms with Gasteiger partial charge in [0.05, 0.1) is 0 Å². The molecule has 0 aromatic heterocycles. The Labute approximate surface area is 141 Å². The molecule has 0 atom stereocenters. The number of halogens is 4. The molecule has 6 heteroatoms. The second-order valence-corrected chi connectivity index (χ2v) is 3.74. The van der Waals surface area contributed by atoms with Crippen LogP contribution in [-0.4, -0.2) is 11.7 Å². The number of hydrogen-bond acceptors (Lipinski definition) is 2. The van der Waals surface area contributed by atoms with Gasteiger partial charge in [0.25, 0.3) is 0 Å². The van der Waals surface area contributed by atoms with E-state index in [4.69, 9.17) is 0 Å². The molecule has 0 saturated carbocycles. The van der Waals surface area contributed by atoms with Crippen LogP contribution in [0.5, 0.6) is 11.5 Å². The highest BCUT2D eigenvalue weighted by Gasteiger charge is 2.20. The molecule has 0 amide bonds. The fourth-order valence-electron chi connectivity index (χ4n) is 1.84. The molecular formula is C18H26F4O2. The van der Waals surface area contributed by atoms with Gasteiger partial charge in [-0.15, -0.1) is 0 Å². The van der Waals surface area contributed by atoms with Crippen molar-refractivity contribution in [3.63, 3.8) is 0 Å². The van der Waals surface area contributed by atoms with Crippen LogP contribution in [-0.2, 0) is 0 Å². The number of phenolic OH excluding ortho intramolecular Hbond substituents is 1. The zero-order chi connectivity index (χ0) is 19.4. The first kappa shape index (κ1) is 24.3. The topological polar surface area (TPSA) is 29.5 Å². The molecule has 0 saturated heterocycles. The minimum Gasteiger partial charge on any atom is -0.508 e. The first-order valence-electron chi connectivity index (χ1n) is 7.96. The highest BCUT2D eigenvalue weighted by Crippen LogP contribution is 2.36. The molecular weight excluding hydrogens is 324 g/mol. The predicted molar refractivity (Wildman–Crippen MR) is 90.9 cm³/mol. The maximum atomic E-state index is 13.5. The second kappa shape index (κ2) is 12.4. The minimum absolute atomic E-state index is 0.00648. The van der Waals surface area contributed by atoms with Crippen LogP contribution < -0.4 is 4.74 Å². The largest absolute Gasteiger partial charge is 0.508 e. The Bertz CT molecular complexity index is 614. The quantitative estimate of drug-likeness (QED) is 0.603. The third-order valence-corrected chi connectivity index (χ3v) is 2.48. The van der Waals surface area contributed by atoms with Gasteiger partial charge in [-0.3, -0.25) is 0 Å². The number of aryl methyl sites for hydroxylation is 1. The smallest absolute Gasteiger partial charge is 0.387 e. The van der Waals surface area contributed by atoms with E-state index in [0.29, 0.717) is 5.56 Å². The maximum Gasteiger partial charge on any atom is 0.387 e. The van der Waals surface area contributed by atoms with Crippen molar-refractivity contribution in [2.75, 3.05) is 0 Å². The molecule has 2 rings (SSSR count). The van der Waals surface area contributed by atoms with Crippen LogP contribution in [0.15, 0.2) is 18.2 Å². The van der Waals surface area contributed by atoms with Crippen molar-refractivity contribution >= 4 is 10.8 Å². The molecule has 0 fully saturated rings. The Morgan fingerprint density at radius 2 is 1.42 bits per heavy atom. The predicted octanol–water partition coefficient (Wildman–Crippen LogP) is 6.81. The van der Waals surface area contributed by atoms with Gasteiger partial charge in [0.15, 0.2) is 11.6 Å². The summed E-state index contributed by atoms with van der Waals surface area (Å²) in [6.07, 6.45) is 0. The number of aromatic hydroxyl groups is 1. The molecule has 24 heavy (non-hydrogen) atoms. The molecule has 2 nitrogen and oxygen atoms in total. The molecule has 2 aromatic carbocycles. The van der Waals surface area contributed by atoms with Crippen molar-refractivity contribution in [1.29, 1.82) is 0 Å². The lowest BCUT2D eigenvalue weighted by Gasteiger charge is -2.12. The maximum absolute atomic E-state index is 13.5. The van der Waals surface area contributed by atoms with Crippen molar-refractivity contribution in [2.24, 2.45) is 0 Å². The number of rotatable bonds is 2. The normalized spacial score (nSPS) is 9.17. The van der Waals surface area contributed by atoms with Crippen molar-refractivity contribution in [1.82, 2.24) is 0 Å². The number of ether oxygens (including phenoxy) is 1. The van der Waals surface area contributed by atoms with E-state index in [2.05, 4.69) is 4.74 Å². The van der Waals surface area contributed by atoms with Crippen LogP contribution in [0, 0.1) is 18.6 Å². The van der Waals surface area contributed by atoms with Crippen LogP contribution in [0.2, 0.25) is 0 Å². The lowest BCUT2D eigenvalue weighted by Crippen LogP contribution is -2.06. The first-order valence-corrected chi connectivity index (χ1v) is 7.96. The third kappa shape index (κ3) is 6.26. The summed E-state index contributed by atoms with van der Waals surface area (Å²) in [4.78, 5) is 0. The standard InChI is InChI=1S/C12H8F4O2.3C2H6/c1-5-2-7(17)3-6-4-8(13)10(14)11(9(5)6)18-12(15)16;3*1-2/h2-4,12,17H,1H3;3*1-2H3. The molecule has 0 aliphatic carbocycles.